The zero-order valence-corrected chi connectivity index (χ0v) is 11.3. The van der Waals surface area contributed by atoms with E-state index < -0.39 is 0 Å². The van der Waals surface area contributed by atoms with Crippen molar-refractivity contribution in [3.63, 3.8) is 0 Å². The van der Waals surface area contributed by atoms with Crippen LogP contribution < -0.4 is 10.1 Å². The van der Waals surface area contributed by atoms with Crippen LogP contribution >= 0.6 is 0 Å². The zero-order chi connectivity index (χ0) is 13.8. The molecule has 0 saturated heterocycles. The van der Waals surface area contributed by atoms with Crippen LogP contribution in [0.25, 0.3) is 0 Å². The fourth-order valence-corrected chi connectivity index (χ4v) is 2.21. The van der Waals surface area contributed by atoms with Gasteiger partial charge < -0.3 is 15.2 Å². The lowest BCUT2D eigenvalue weighted by Gasteiger charge is -2.17. The minimum Gasteiger partial charge on any atom is -0.457 e. The Hall–Kier alpha value is -1.84. The molecule has 0 aromatic heterocycles. The van der Waals surface area contributed by atoms with Crippen LogP contribution in [0.15, 0.2) is 54.6 Å². The highest BCUT2D eigenvalue weighted by Gasteiger charge is 2.25. The standard InChI is InChI=1S/C17H19NO2/c19-12-17(18-14-9-10-14)13-5-4-8-16(11-13)20-15-6-2-1-3-7-15/h1-8,11,14,17-19H,9-10,12H2. The van der Waals surface area contributed by atoms with Crippen LogP contribution in [0.5, 0.6) is 11.5 Å². The third-order valence-electron chi connectivity index (χ3n) is 3.44. The monoisotopic (exact) mass is 269 g/mol. The third-order valence-corrected chi connectivity index (χ3v) is 3.44. The Morgan fingerprint density at radius 2 is 1.80 bits per heavy atom. The molecule has 20 heavy (non-hydrogen) atoms. The van der Waals surface area contributed by atoms with Gasteiger partial charge in [0.1, 0.15) is 11.5 Å². The van der Waals surface area contributed by atoms with E-state index in [0.717, 1.165) is 17.1 Å². The molecule has 104 valence electrons. The molecule has 2 N–H and O–H groups in total. The van der Waals surface area contributed by atoms with Crippen molar-refractivity contribution in [3.8, 4) is 11.5 Å². The van der Waals surface area contributed by atoms with Crippen molar-refractivity contribution in [2.45, 2.75) is 24.9 Å². The Balaban J connectivity index is 1.74. The number of hydrogen-bond donors (Lipinski definition) is 2. The van der Waals surface area contributed by atoms with E-state index in [4.69, 9.17) is 4.74 Å². The molecular weight excluding hydrogens is 250 g/mol. The van der Waals surface area contributed by atoms with Crippen LogP contribution in [0.3, 0.4) is 0 Å². The van der Waals surface area contributed by atoms with Crippen molar-refractivity contribution >= 4 is 0 Å². The Labute approximate surface area is 119 Å². The molecule has 0 heterocycles. The molecule has 2 aromatic rings. The fourth-order valence-electron chi connectivity index (χ4n) is 2.21. The highest BCUT2D eigenvalue weighted by molar-refractivity contribution is 5.35. The fraction of sp³-hybridized carbons (Fsp3) is 0.294. The summed E-state index contributed by atoms with van der Waals surface area (Å²) < 4.78 is 5.82. The maximum atomic E-state index is 9.53. The average molecular weight is 269 g/mol. The second-order valence-corrected chi connectivity index (χ2v) is 5.16. The summed E-state index contributed by atoms with van der Waals surface area (Å²) in [5.74, 6) is 1.62. The summed E-state index contributed by atoms with van der Waals surface area (Å²) in [5, 5.41) is 13.0. The lowest BCUT2D eigenvalue weighted by Crippen LogP contribution is -2.26. The molecule has 0 spiro atoms. The molecule has 1 aliphatic carbocycles. The lowest BCUT2D eigenvalue weighted by atomic mass is 10.1. The van der Waals surface area contributed by atoms with Gasteiger partial charge in [0.25, 0.3) is 0 Å². The van der Waals surface area contributed by atoms with Gasteiger partial charge in [0.2, 0.25) is 0 Å². The number of rotatable bonds is 6. The van der Waals surface area contributed by atoms with Crippen molar-refractivity contribution in [1.29, 1.82) is 0 Å². The number of para-hydroxylation sites is 1. The SMILES string of the molecule is OCC(NC1CC1)c1cccc(Oc2ccccc2)c1. The molecular formula is C17H19NO2. The van der Waals surface area contributed by atoms with Gasteiger partial charge in [-0.2, -0.15) is 0 Å². The van der Waals surface area contributed by atoms with Gasteiger partial charge in [-0.1, -0.05) is 30.3 Å². The Kier molecular flexibility index (Phi) is 4.00. The van der Waals surface area contributed by atoms with E-state index in [1.807, 2.05) is 54.6 Å². The zero-order valence-electron chi connectivity index (χ0n) is 11.3. The number of hydrogen-bond acceptors (Lipinski definition) is 3. The van der Waals surface area contributed by atoms with E-state index >= 15 is 0 Å². The number of aliphatic hydroxyl groups excluding tert-OH is 1. The molecule has 1 fully saturated rings. The smallest absolute Gasteiger partial charge is 0.127 e. The maximum Gasteiger partial charge on any atom is 0.127 e. The predicted octanol–water partition coefficient (Wildman–Crippen LogP) is 3.26. The first-order valence-electron chi connectivity index (χ1n) is 7.05. The minimum atomic E-state index is -0.0122. The van der Waals surface area contributed by atoms with Crippen LogP contribution in [0, 0.1) is 0 Å². The molecule has 1 unspecified atom stereocenters. The molecule has 0 bridgehead atoms. The van der Waals surface area contributed by atoms with Gasteiger partial charge in [-0.25, -0.2) is 0 Å². The van der Waals surface area contributed by atoms with Gasteiger partial charge in [0, 0.05) is 6.04 Å². The topological polar surface area (TPSA) is 41.5 Å². The Bertz CT molecular complexity index is 552. The van der Waals surface area contributed by atoms with Crippen LogP contribution in [-0.4, -0.2) is 17.8 Å². The summed E-state index contributed by atoms with van der Waals surface area (Å²) in [6.07, 6.45) is 2.41. The van der Waals surface area contributed by atoms with E-state index in [1.54, 1.807) is 0 Å². The van der Waals surface area contributed by atoms with Crippen LogP contribution in [0.2, 0.25) is 0 Å². The number of benzene rings is 2. The highest BCUT2D eigenvalue weighted by Crippen LogP contribution is 2.27. The molecule has 2 aromatic carbocycles. The molecule has 1 aliphatic rings. The molecule has 0 radical (unpaired) electrons. The predicted molar refractivity (Wildman–Crippen MR) is 78.9 cm³/mol. The first kappa shape index (κ1) is 13.2. The second-order valence-electron chi connectivity index (χ2n) is 5.16. The summed E-state index contributed by atoms with van der Waals surface area (Å²) in [7, 11) is 0. The quantitative estimate of drug-likeness (QED) is 0.845. The van der Waals surface area contributed by atoms with Gasteiger partial charge in [-0.05, 0) is 42.7 Å². The van der Waals surface area contributed by atoms with Crippen LogP contribution in [0.1, 0.15) is 24.4 Å². The van der Waals surface area contributed by atoms with Gasteiger partial charge in [-0.15, -0.1) is 0 Å². The van der Waals surface area contributed by atoms with Gasteiger partial charge in [-0.3, -0.25) is 0 Å². The summed E-state index contributed by atoms with van der Waals surface area (Å²) in [6, 6.07) is 18.2. The first-order chi connectivity index (χ1) is 9.85. The summed E-state index contributed by atoms with van der Waals surface area (Å²) in [4.78, 5) is 0. The van der Waals surface area contributed by atoms with Crippen molar-refractivity contribution < 1.29 is 9.84 Å². The van der Waals surface area contributed by atoms with E-state index in [9.17, 15) is 5.11 Å². The van der Waals surface area contributed by atoms with Crippen LogP contribution in [-0.2, 0) is 0 Å². The summed E-state index contributed by atoms with van der Waals surface area (Å²) in [5.41, 5.74) is 1.06. The van der Waals surface area contributed by atoms with Gasteiger partial charge in [0.05, 0.1) is 12.6 Å². The van der Waals surface area contributed by atoms with Gasteiger partial charge in [0.15, 0.2) is 0 Å². The second kappa shape index (κ2) is 6.07. The van der Waals surface area contributed by atoms with Gasteiger partial charge >= 0.3 is 0 Å². The first-order valence-corrected chi connectivity index (χ1v) is 7.05. The van der Waals surface area contributed by atoms with Crippen molar-refractivity contribution in [3.05, 3.63) is 60.2 Å². The third kappa shape index (κ3) is 3.38. The molecule has 3 rings (SSSR count). The van der Waals surface area contributed by atoms with E-state index in [0.29, 0.717) is 6.04 Å². The van der Waals surface area contributed by atoms with Crippen molar-refractivity contribution in [2.24, 2.45) is 0 Å². The van der Waals surface area contributed by atoms with Crippen molar-refractivity contribution in [1.82, 2.24) is 5.32 Å². The van der Waals surface area contributed by atoms with E-state index in [2.05, 4.69) is 5.32 Å². The molecule has 3 heteroatoms. The Morgan fingerprint density at radius 3 is 2.50 bits per heavy atom. The molecule has 3 nitrogen and oxygen atoms in total. The normalized spacial score (nSPS) is 15.8. The van der Waals surface area contributed by atoms with Crippen molar-refractivity contribution in [2.75, 3.05) is 6.61 Å². The minimum absolute atomic E-state index is 0.0122. The number of aliphatic hydroxyl groups is 1. The van der Waals surface area contributed by atoms with E-state index in [1.165, 1.54) is 12.8 Å². The molecule has 1 atom stereocenters. The Morgan fingerprint density at radius 1 is 1.05 bits per heavy atom. The molecule has 0 amide bonds. The number of nitrogens with one attached hydrogen (secondary N) is 1. The molecule has 0 aliphatic heterocycles. The maximum absolute atomic E-state index is 9.53. The lowest BCUT2D eigenvalue weighted by molar-refractivity contribution is 0.243. The highest BCUT2D eigenvalue weighted by atomic mass is 16.5. The number of ether oxygens (including phenoxy) is 1. The molecule has 1 saturated carbocycles. The summed E-state index contributed by atoms with van der Waals surface area (Å²) >= 11 is 0. The van der Waals surface area contributed by atoms with E-state index in [-0.39, 0.29) is 12.6 Å². The van der Waals surface area contributed by atoms with Crippen LogP contribution in [0.4, 0.5) is 0 Å². The average Bonchev–Trinajstić information content (AvgIpc) is 3.30. The summed E-state index contributed by atoms with van der Waals surface area (Å²) in [6.45, 7) is 0.102. The largest absolute Gasteiger partial charge is 0.457 e.